The summed E-state index contributed by atoms with van der Waals surface area (Å²) in [5.41, 5.74) is 5.92. The highest BCUT2D eigenvalue weighted by molar-refractivity contribution is 4.87. The molecule has 0 amide bonds. The van der Waals surface area contributed by atoms with E-state index in [9.17, 15) is 0 Å². The highest BCUT2D eigenvalue weighted by atomic mass is 15.2. The fourth-order valence-corrected chi connectivity index (χ4v) is 2.20. The first-order valence-electron chi connectivity index (χ1n) is 5.62. The molecular weight excluding hydrogens is 160 g/mol. The quantitative estimate of drug-likeness (QED) is 0.662. The number of unbranched alkanes of at least 4 members (excludes halogenated alkanes) is 2. The normalized spacial score (nSPS) is 22.4. The van der Waals surface area contributed by atoms with Crippen molar-refractivity contribution < 1.29 is 0 Å². The van der Waals surface area contributed by atoms with Crippen LogP contribution in [0.4, 0.5) is 0 Å². The fourth-order valence-electron chi connectivity index (χ4n) is 2.20. The van der Waals surface area contributed by atoms with Gasteiger partial charge in [0.15, 0.2) is 0 Å². The molecule has 78 valence electrons. The van der Waals surface area contributed by atoms with E-state index >= 15 is 0 Å². The Morgan fingerprint density at radius 3 is 2.54 bits per heavy atom. The van der Waals surface area contributed by atoms with Gasteiger partial charge in [-0.05, 0) is 59.2 Å². The third-order valence-corrected chi connectivity index (χ3v) is 3.20. The van der Waals surface area contributed by atoms with Crippen LogP contribution in [0.2, 0.25) is 0 Å². The third-order valence-electron chi connectivity index (χ3n) is 3.20. The summed E-state index contributed by atoms with van der Waals surface area (Å²) in [5, 5.41) is 0. The van der Waals surface area contributed by atoms with Crippen molar-refractivity contribution in [3.8, 4) is 0 Å². The molecule has 0 unspecified atom stereocenters. The molecule has 0 atom stereocenters. The molecule has 1 saturated heterocycles. The van der Waals surface area contributed by atoms with Crippen molar-refractivity contribution >= 4 is 0 Å². The van der Waals surface area contributed by atoms with Crippen LogP contribution >= 0.6 is 0 Å². The van der Waals surface area contributed by atoms with Crippen LogP contribution < -0.4 is 5.73 Å². The Balaban J connectivity index is 2.14. The molecule has 1 aliphatic heterocycles. The van der Waals surface area contributed by atoms with Crippen molar-refractivity contribution in [1.29, 1.82) is 0 Å². The van der Waals surface area contributed by atoms with E-state index in [2.05, 4.69) is 18.7 Å². The lowest BCUT2D eigenvalue weighted by Gasteiger charge is -2.31. The van der Waals surface area contributed by atoms with Crippen LogP contribution in [-0.2, 0) is 0 Å². The van der Waals surface area contributed by atoms with E-state index in [-0.39, 0.29) is 0 Å². The molecule has 1 heterocycles. The molecule has 0 aromatic rings. The van der Waals surface area contributed by atoms with Gasteiger partial charge in [0.1, 0.15) is 0 Å². The van der Waals surface area contributed by atoms with Gasteiger partial charge in [-0.1, -0.05) is 6.42 Å². The minimum atomic E-state index is 0.461. The first-order valence-corrected chi connectivity index (χ1v) is 5.62. The number of nitrogens with zero attached hydrogens (tertiary/aromatic N) is 1. The maximum atomic E-state index is 5.46. The smallest absolute Gasteiger partial charge is 0.0153 e. The van der Waals surface area contributed by atoms with Gasteiger partial charge in [-0.15, -0.1) is 0 Å². The number of hydrogen-bond donors (Lipinski definition) is 1. The second-order valence-electron chi connectivity index (χ2n) is 4.75. The first-order chi connectivity index (χ1) is 6.17. The van der Waals surface area contributed by atoms with Crippen LogP contribution in [0, 0.1) is 0 Å². The molecule has 0 radical (unpaired) electrons. The Kier molecular flexibility index (Phi) is 4.20. The molecule has 0 spiro atoms. The van der Waals surface area contributed by atoms with E-state index in [1.165, 1.54) is 45.2 Å². The van der Waals surface area contributed by atoms with Gasteiger partial charge in [-0.2, -0.15) is 0 Å². The van der Waals surface area contributed by atoms with E-state index < -0.39 is 0 Å². The average molecular weight is 184 g/mol. The van der Waals surface area contributed by atoms with E-state index in [1.807, 2.05) is 0 Å². The van der Waals surface area contributed by atoms with Crippen LogP contribution in [0.1, 0.15) is 46.0 Å². The van der Waals surface area contributed by atoms with Crippen molar-refractivity contribution in [1.82, 2.24) is 4.90 Å². The molecule has 0 bridgehead atoms. The number of likely N-dealkylation sites (tertiary alicyclic amines) is 1. The average Bonchev–Trinajstić information content (AvgIpc) is 2.40. The summed E-state index contributed by atoms with van der Waals surface area (Å²) in [6, 6.07) is 0. The van der Waals surface area contributed by atoms with E-state index in [4.69, 9.17) is 5.73 Å². The first kappa shape index (κ1) is 11.0. The molecule has 0 aromatic heterocycles. The Morgan fingerprint density at radius 1 is 1.23 bits per heavy atom. The van der Waals surface area contributed by atoms with Gasteiger partial charge < -0.3 is 5.73 Å². The Morgan fingerprint density at radius 2 is 2.00 bits per heavy atom. The third kappa shape index (κ3) is 3.28. The molecule has 0 aromatic carbocycles. The van der Waals surface area contributed by atoms with Gasteiger partial charge in [0.25, 0.3) is 0 Å². The zero-order valence-corrected chi connectivity index (χ0v) is 9.18. The second-order valence-corrected chi connectivity index (χ2v) is 4.75. The highest BCUT2D eigenvalue weighted by Crippen LogP contribution is 2.28. The summed E-state index contributed by atoms with van der Waals surface area (Å²) in [6.45, 7) is 8.15. The standard InChI is InChI=1S/C11H24N2/c1-11(2)7-6-10-13(11)9-5-3-4-8-12/h3-10,12H2,1-2H3. The largest absolute Gasteiger partial charge is 0.330 e. The number of nitrogens with two attached hydrogens (primary N) is 1. The molecule has 1 aliphatic rings. The zero-order chi connectivity index (χ0) is 9.73. The Hall–Kier alpha value is -0.0800. The van der Waals surface area contributed by atoms with Gasteiger partial charge in [-0.25, -0.2) is 0 Å². The maximum Gasteiger partial charge on any atom is 0.0153 e. The molecule has 0 saturated carbocycles. The minimum Gasteiger partial charge on any atom is -0.330 e. The number of hydrogen-bond acceptors (Lipinski definition) is 2. The van der Waals surface area contributed by atoms with E-state index in [1.54, 1.807) is 0 Å². The second kappa shape index (κ2) is 4.97. The predicted molar refractivity (Wildman–Crippen MR) is 57.8 cm³/mol. The van der Waals surface area contributed by atoms with Gasteiger partial charge in [0.05, 0.1) is 0 Å². The summed E-state index contributed by atoms with van der Waals surface area (Å²) < 4.78 is 0. The summed E-state index contributed by atoms with van der Waals surface area (Å²) in [6.07, 6.45) is 6.55. The Bertz CT molecular complexity index is 143. The minimum absolute atomic E-state index is 0.461. The van der Waals surface area contributed by atoms with Crippen LogP contribution in [0.5, 0.6) is 0 Å². The monoisotopic (exact) mass is 184 g/mol. The molecule has 1 fully saturated rings. The van der Waals surface area contributed by atoms with Crippen molar-refractivity contribution in [2.45, 2.75) is 51.5 Å². The van der Waals surface area contributed by atoms with Gasteiger partial charge >= 0.3 is 0 Å². The van der Waals surface area contributed by atoms with Crippen LogP contribution in [0.15, 0.2) is 0 Å². The summed E-state index contributed by atoms with van der Waals surface area (Å²) in [5.74, 6) is 0. The van der Waals surface area contributed by atoms with Crippen LogP contribution in [-0.4, -0.2) is 30.1 Å². The molecule has 2 nitrogen and oxygen atoms in total. The summed E-state index contributed by atoms with van der Waals surface area (Å²) in [4.78, 5) is 2.63. The number of rotatable bonds is 5. The van der Waals surface area contributed by atoms with Gasteiger partial charge in [0.2, 0.25) is 0 Å². The summed E-state index contributed by atoms with van der Waals surface area (Å²) in [7, 11) is 0. The molecule has 2 heteroatoms. The van der Waals surface area contributed by atoms with Crippen molar-refractivity contribution in [2.75, 3.05) is 19.6 Å². The van der Waals surface area contributed by atoms with Crippen LogP contribution in [0.3, 0.4) is 0 Å². The Labute approximate surface area is 82.5 Å². The molecule has 2 N–H and O–H groups in total. The maximum absolute atomic E-state index is 5.46. The molecule has 1 rings (SSSR count). The van der Waals surface area contributed by atoms with Crippen molar-refractivity contribution in [2.24, 2.45) is 5.73 Å². The van der Waals surface area contributed by atoms with E-state index in [0.717, 1.165) is 6.54 Å². The lowest BCUT2D eigenvalue weighted by Crippen LogP contribution is -2.38. The summed E-state index contributed by atoms with van der Waals surface area (Å²) >= 11 is 0. The SMILES string of the molecule is CC1(C)CCCN1CCCCCN. The van der Waals surface area contributed by atoms with Crippen LogP contribution in [0.25, 0.3) is 0 Å². The predicted octanol–water partition coefficient (Wildman–Crippen LogP) is 1.99. The van der Waals surface area contributed by atoms with Gasteiger partial charge in [0, 0.05) is 5.54 Å². The van der Waals surface area contributed by atoms with Crippen molar-refractivity contribution in [3.05, 3.63) is 0 Å². The topological polar surface area (TPSA) is 29.3 Å². The van der Waals surface area contributed by atoms with Gasteiger partial charge in [-0.3, -0.25) is 4.90 Å². The molecule has 0 aliphatic carbocycles. The molecule has 13 heavy (non-hydrogen) atoms. The zero-order valence-electron chi connectivity index (χ0n) is 9.18. The molecular formula is C11H24N2. The van der Waals surface area contributed by atoms with E-state index in [0.29, 0.717) is 5.54 Å². The lowest BCUT2D eigenvalue weighted by molar-refractivity contribution is 0.172. The fraction of sp³-hybridized carbons (Fsp3) is 1.00. The highest BCUT2D eigenvalue weighted by Gasteiger charge is 2.30. The van der Waals surface area contributed by atoms with Crippen molar-refractivity contribution in [3.63, 3.8) is 0 Å². The lowest BCUT2D eigenvalue weighted by atomic mass is 10.0.